The molecule has 0 saturated carbocycles. The Hall–Kier alpha value is -4.30. The summed E-state index contributed by atoms with van der Waals surface area (Å²) < 4.78 is 17.0. The summed E-state index contributed by atoms with van der Waals surface area (Å²) in [5.41, 5.74) is 1.88. The molecule has 8 nitrogen and oxygen atoms in total. The molecule has 4 rings (SSSR count). The lowest BCUT2D eigenvalue weighted by molar-refractivity contribution is -0.130. The molecule has 1 aliphatic heterocycles. The normalized spacial score (nSPS) is 14.4. The monoisotopic (exact) mass is 534 g/mol. The molecule has 38 heavy (non-hydrogen) atoms. The van der Waals surface area contributed by atoms with E-state index < -0.39 is 17.8 Å². The van der Waals surface area contributed by atoms with Gasteiger partial charge in [-0.3, -0.25) is 19.8 Å². The summed E-state index contributed by atoms with van der Waals surface area (Å²) in [6, 6.07) is 18.6. The van der Waals surface area contributed by atoms with Crippen molar-refractivity contribution in [1.82, 2.24) is 10.2 Å². The molecule has 0 atom stereocenters. The third kappa shape index (κ3) is 6.33. The summed E-state index contributed by atoms with van der Waals surface area (Å²) >= 11 is 5.95. The van der Waals surface area contributed by atoms with Gasteiger partial charge in [-0.1, -0.05) is 54.9 Å². The lowest BCUT2D eigenvalue weighted by Gasteiger charge is -2.26. The van der Waals surface area contributed by atoms with E-state index in [1.165, 1.54) is 13.2 Å². The van der Waals surface area contributed by atoms with Gasteiger partial charge in [0.15, 0.2) is 11.5 Å². The third-order valence-corrected chi connectivity index (χ3v) is 5.99. The molecule has 9 heteroatoms. The predicted molar refractivity (Wildman–Crippen MR) is 143 cm³/mol. The van der Waals surface area contributed by atoms with Crippen molar-refractivity contribution in [3.05, 3.63) is 94.0 Å². The Morgan fingerprint density at radius 2 is 1.63 bits per heavy atom. The standard InChI is InChI=1S/C29H27ClN2O6/c1-3-14-37-25-13-10-20(15-26(25)36-2)17-32-28(34)23(27(33)31-29(32)35)16-21-6-4-5-7-24(21)38-18-19-8-11-22(30)12-9-19/h4-13,15-16H,3,14,17-18H2,1-2H3,(H,31,33,35)/b23-16+. The fourth-order valence-corrected chi connectivity index (χ4v) is 3.92. The van der Waals surface area contributed by atoms with Gasteiger partial charge < -0.3 is 14.2 Å². The average molecular weight is 535 g/mol. The number of urea groups is 1. The molecular weight excluding hydrogens is 508 g/mol. The molecule has 1 N–H and O–H groups in total. The van der Waals surface area contributed by atoms with Crippen molar-refractivity contribution in [1.29, 1.82) is 0 Å². The Bertz CT molecular complexity index is 1370. The highest BCUT2D eigenvalue weighted by molar-refractivity contribution is 6.31. The number of nitrogens with one attached hydrogen (secondary N) is 1. The van der Waals surface area contributed by atoms with Crippen molar-refractivity contribution in [2.75, 3.05) is 13.7 Å². The number of hydrogen-bond acceptors (Lipinski definition) is 6. The van der Waals surface area contributed by atoms with Crippen LogP contribution in [0.25, 0.3) is 6.08 Å². The number of nitrogens with zero attached hydrogens (tertiary/aromatic N) is 1. The van der Waals surface area contributed by atoms with Gasteiger partial charge in [-0.25, -0.2) is 4.79 Å². The Morgan fingerprint density at radius 3 is 2.37 bits per heavy atom. The largest absolute Gasteiger partial charge is 0.493 e. The molecule has 1 heterocycles. The molecular formula is C29H27ClN2O6. The number of halogens is 1. The molecule has 0 aliphatic carbocycles. The van der Waals surface area contributed by atoms with Crippen molar-refractivity contribution >= 4 is 35.5 Å². The number of barbiturate groups is 1. The molecule has 0 aromatic heterocycles. The van der Waals surface area contributed by atoms with Gasteiger partial charge in [0.05, 0.1) is 20.3 Å². The van der Waals surface area contributed by atoms with Crippen LogP contribution in [0.1, 0.15) is 30.0 Å². The van der Waals surface area contributed by atoms with Gasteiger partial charge in [0.25, 0.3) is 11.8 Å². The van der Waals surface area contributed by atoms with E-state index in [4.69, 9.17) is 25.8 Å². The lowest BCUT2D eigenvalue weighted by Crippen LogP contribution is -2.53. The Kier molecular flexibility index (Phi) is 8.66. The highest BCUT2D eigenvalue weighted by atomic mass is 35.5. The quantitative estimate of drug-likeness (QED) is 0.277. The van der Waals surface area contributed by atoms with Crippen LogP contribution in [0.5, 0.6) is 17.2 Å². The second kappa shape index (κ2) is 12.3. The molecule has 1 fully saturated rings. The van der Waals surface area contributed by atoms with Crippen molar-refractivity contribution in [3.63, 3.8) is 0 Å². The van der Waals surface area contributed by atoms with E-state index in [-0.39, 0.29) is 18.7 Å². The molecule has 1 aliphatic rings. The number of carbonyl (C=O) groups is 3. The van der Waals surface area contributed by atoms with E-state index >= 15 is 0 Å². The van der Waals surface area contributed by atoms with E-state index in [1.807, 2.05) is 19.1 Å². The number of hydrogen-bond donors (Lipinski definition) is 1. The van der Waals surface area contributed by atoms with Gasteiger partial charge in [0.1, 0.15) is 17.9 Å². The van der Waals surface area contributed by atoms with Crippen molar-refractivity contribution in [3.8, 4) is 17.2 Å². The molecule has 4 amide bonds. The number of imide groups is 2. The van der Waals surface area contributed by atoms with Crippen molar-refractivity contribution < 1.29 is 28.6 Å². The highest BCUT2D eigenvalue weighted by Crippen LogP contribution is 2.30. The van der Waals surface area contributed by atoms with E-state index in [0.29, 0.717) is 40.0 Å². The van der Waals surface area contributed by atoms with Gasteiger partial charge in [-0.2, -0.15) is 0 Å². The Balaban J connectivity index is 1.55. The molecule has 3 aromatic rings. The van der Waals surface area contributed by atoms with Crippen LogP contribution in [-0.4, -0.2) is 36.5 Å². The molecule has 196 valence electrons. The van der Waals surface area contributed by atoms with Gasteiger partial charge in [-0.15, -0.1) is 0 Å². The first kappa shape index (κ1) is 26.8. The fourth-order valence-electron chi connectivity index (χ4n) is 3.79. The van der Waals surface area contributed by atoms with Gasteiger partial charge in [-0.05, 0) is 54.0 Å². The molecule has 3 aromatic carbocycles. The SMILES string of the molecule is CCCOc1ccc(CN2C(=O)NC(=O)/C(=C\c3ccccc3OCc3ccc(Cl)cc3)C2=O)cc1OC. The maximum atomic E-state index is 13.3. The van der Waals surface area contributed by atoms with Crippen LogP contribution in [0.15, 0.2) is 72.3 Å². The molecule has 0 bridgehead atoms. The third-order valence-electron chi connectivity index (χ3n) is 5.74. The topological polar surface area (TPSA) is 94.2 Å². The zero-order valence-electron chi connectivity index (χ0n) is 21.0. The van der Waals surface area contributed by atoms with Crippen LogP contribution < -0.4 is 19.5 Å². The number of carbonyl (C=O) groups excluding carboxylic acids is 3. The van der Waals surface area contributed by atoms with Gasteiger partial charge in [0, 0.05) is 10.6 Å². The zero-order chi connectivity index (χ0) is 27.1. The lowest BCUT2D eigenvalue weighted by atomic mass is 10.1. The summed E-state index contributed by atoms with van der Waals surface area (Å²) in [5, 5.41) is 2.87. The molecule has 0 unspecified atom stereocenters. The van der Waals surface area contributed by atoms with Crippen LogP contribution in [0.2, 0.25) is 5.02 Å². The summed E-state index contributed by atoms with van der Waals surface area (Å²) in [6.45, 7) is 2.73. The minimum atomic E-state index is -0.797. The summed E-state index contributed by atoms with van der Waals surface area (Å²) in [4.78, 5) is 39.5. The van der Waals surface area contributed by atoms with E-state index in [9.17, 15) is 14.4 Å². The maximum absolute atomic E-state index is 13.3. The maximum Gasteiger partial charge on any atom is 0.331 e. The van der Waals surface area contributed by atoms with Crippen LogP contribution in [0.4, 0.5) is 4.79 Å². The smallest absolute Gasteiger partial charge is 0.331 e. The van der Waals surface area contributed by atoms with Crippen LogP contribution in [0.3, 0.4) is 0 Å². The number of ether oxygens (including phenoxy) is 3. The first-order chi connectivity index (χ1) is 18.4. The number of benzene rings is 3. The van der Waals surface area contributed by atoms with Crippen LogP contribution >= 0.6 is 11.6 Å². The van der Waals surface area contributed by atoms with E-state index in [1.54, 1.807) is 54.6 Å². The zero-order valence-corrected chi connectivity index (χ0v) is 21.8. The number of amides is 4. The summed E-state index contributed by atoms with van der Waals surface area (Å²) in [7, 11) is 1.52. The second-order valence-corrected chi connectivity index (χ2v) is 8.93. The molecule has 1 saturated heterocycles. The van der Waals surface area contributed by atoms with Crippen LogP contribution in [0, 0.1) is 0 Å². The first-order valence-electron chi connectivity index (χ1n) is 12.0. The van der Waals surface area contributed by atoms with Crippen LogP contribution in [-0.2, 0) is 22.7 Å². The predicted octanol–water partition coefficient (Wildman–Crippen LogP) is 5.38. The second-order valence-electron chi connectivity index (χ2n) is 8.50. The molecule has 0 spiro atoms. The summed E-state index contributed by atoms with van der Waals surface area (Å²) in [6.07, 6.45) is 2.27. The Morgan fingerprint density at radius 1 is 0.895 bits per heavy atom. The first-order valence-corrected chi connectivity index (χ1v) is 12.4. The summed E-state index contributed by atoms with van der Waals surface area (Å²) in [5.74, 6) is 0.0468. The van der Waals surface area contributed by atoms with Gasteiger partial charge >= 0.3 is 6.03 Å². The minimum Gasteiger partial charge on any atom is -0.493 e. The minimum absolute atomic E-state index is 0.0611. The van der Waals surface area contributed by atoms with E-state index in [0.717, 1.165) is 16.9 Å². The van der Waals surface area contributed by atoms with Gasteiger partial charge in [0.2, 0.25) is 0 Å². The number of para-hydroxylation sites is 1. The van der Waals surface area contributed by atoms with E-state index in [2.05, 4.69) is 5.32 Å². The fraction of sp³-hybridized carbons (Fsp3) is 0.207. The molecule has 0 radical (unpaired) electrons. The van der Waals surface area contributed by atoms with Crippen molar-refractivity contribution in [2.45, 2.75) is 26.5 Å². The Labute approximate surface area is 225 Å². The number of rotatable bonds is 10. The average Bonchev–Trinajstić information content (AvgIpc) is 2.92. The highest BCUT2D eigenvalue weighted by Gasteiger charge is 2.36. The van der Waals surface area contributed by atoms with Crippen molar-refractivity contribution in [2.24, 2.45) is 0 Å². The number of methoxy groups -OCH3 is 1.